The Labute approximate surface area is 374 Å². The van der Waals surface area contributed by atoms with E-state index >= 15 is 17.6 Å². The number of fused-ring (bicyclic) bond motifs is 8. The first-order chi connectivity index (χ1) is 31.4. The van der Waals surface area contributed by atoms with Gasteiger partial charge in [0.25, 0.3) is 0 Å². The number of hydrogen-bond acceptors (Lipinski definition) is 2. The van der Waals surface area contributed by atoms with Crippen LogP contribution >= 0.6 is 0 Å². The van der Waals surface area contributed by atoms with Crippen LogP contribution in [0.1, 0.15) is 90.2 Å². The minimum absolute atomic E-state index is 0.361. The summed E-state index contributed by atoms with van der Waals surface area (Å²) in [5.41, 5.74) is -0.132. The molecule has 12 heteroatoms. The van der Waals surface area contributed by atoms with Crippen LogP contribution in [0.5, 0.6) is 0 Å². The first kappa shape index (κ1) is 42.6. The summed E-state index contributed by atoms with van der Waals surface area (Å²) in [6.07, 6.45) is 5.03. The van der Waals surface area contributed by atoms with E-state index in [9.17, 15) is 26.3 Å². The van der Waals surface area contributed by atoms with Crippen LogP contribution in [-0.4, -0.2) is 11.1 Å². The lowest BCUT2D eigenvalue weighted by atomic mass is 9.61. The zero-order chi connectivity index (χ0) is 46.6. The molecule has 0 N–H and O–H groups in total. The molecule has 2 nitrogen and oxygen atoms in total. The van der Waals surface area contributed by atoms with Crippen LogP contribution in [0.25, 0.3) is 43.8 Å². The van der Waals surface area contributed by atoms with Gasteiger partial charge in [-0.1, -0.05) is 100 Å². The van der Waals surface area contributed by atoms with Crippen LogP contribution in [0.3, 0.4) is 0 Å². The van der Waals surface area contributed by atoms with Crippen molar-refractivity contribution in [2.45, 2.75) is 101 Å². The van der Waals surface area contributed by atoms with E-state index in [1.807, 2.05) is 100 Å². The molecule has 11 rings (SSSR count). The van der Waals surface area contributed by atoms with Gasteiger partial charge in [0.05, 0.1) is 11.1 Å². The number of benzene rings is 7. The molecule has 0 radical (unpaired) electrons. The SMILES string of the molecule is CC12CCCCC1(C)N(c1c(F)c(F)c(F)c(F)c1F)c1ccc(-c3c4ccccc4c(-c4ccc5c(c4)C4(C)CCCCC4(C)N5c4c(F)c(F)c(F)c(F)c4F)c4ccccc34)cc12. The molecule has 2 aliphatic carbocycles. The van der Waals surface area contributed by atoms with E-state index < -0.39 is 91.5 Å². The maximum Gasteiger partial charge on any atom is 0.200 e. The van der Waals surface area contributed by atoms with E-state index in [0.717, 1.165) is 67.8 Å². The zero-order valence-corrected chi connectivity index (χ0v) is 36.4. The van der Waals surface area contributed by atoms with Crippen molar-refractivity contribution >= 4 is 44.3 Å². The molecule has 0 bridgehead atoms. The van der Waals surface area contributed by atoms with E-state index in [1.54, 1.807) is 12.1 Å². The maximum atomic E-state index is 15.8. The lowest BCUT2D eigenvalue weighted by Gasteiger charge is -2.50. The Morgan fingerprint density at radius 3 is 0.970 bits per heavy atom. The van der Waals surface area contributed by atoms with Gasteiger partial charge < -0.3 is 9.80 Å². The van der Waals surface area contributed by atoms with Crippen molar-refractivity contribution in [3.63, 3.8) is 0 Å². The Bertz CT molecular complexity index is 2950. The van der Waals surface area contributed by atoms with Crippen molar-refractivity contribution in [3.8, 4) is 22.3 Å². The van der Waals surface area contributed by atoms with Gasteiger partial charge in [-0.25, -0.2) is 43.9 Å². The molecule has 2 saturated carbocycles. The fourth-order valence-electron chi connectivity index (χ4n) is 12.8. The zero-order valence-electron chi connectivity index (χ0n) is 36.4. The number of nitrogens with zero attached hydrogens (tertiary/aromatic N) is 2. The lowest BCUT2D eigenvalue weighted by molar-refractivity contribution is 0.192. The number of anilines is 4. The van der Waals surface area contributed by atoms with E-state index in [1.165, 1.54) is 9.80 Å². The summed E-state index contributed by atoms with van der Waals surface area (Å²) in [5.74, 6) is -20.0. The summed E-state index contributed by atoms with van der Waals surface area (Å²) in [7, 11) is 0. The Morgan fingerprint density at radius 2 is 0.652 bits per heavy atom. The number of rotatable bonds is 4. The van der Waals surface area contributed by atoms with Crippen molar-refractivity contribution < 1.29 is 43.9 Å². The van der Waals surface area contributed by atoms with Gasteiger partial charge in [-0.15, -0.1) is 0 Å². The molecule has 2 aliphatic heterocycles. The molecule has 0 spiro atoms. The highest BCUT2D eigenvalue weighted by atomic mass is 19.2. The standard InChI is InChI=1S/C54H42F10N2/c1-51-21-9-11-23-53(51,3)65(49-45(61)41(57)39(55)42(58)46(49)62)35-19-17-27(25-33(35)51)37-29-13-5-7-15-31(29)38(32-16-8-6-14-30(32)37)28-18-20-36-34(26-28)52(2)22-10-12-24-54(52,4)66(36)50-47(63)43(59)40(56)44(60)48(50)64/h5-8,13-20,25-26H,9-12,21-24H2,1-4H3. The smallest absolute Gasteiger partial charge is 0.200 e. The molecule has 4 unspecified atom stereocenters. The molecule has 0 saturated heterocycles. The Morgan fingerprint density at radius 1 is 0.364 bits per heavy atom. The highest BCUT2D eigenvalue weighted by Crippen LogP contribution is 2.64. The van der Waals surface area contributed by atoms with Crippen molar-refractivity contribution in [2.75, 3.05) is 9.80 Å². The second kappa shape index (κ2) is 14.2. The quantitative estimate of drug-likeness (QED) is 0.0751. The summed E-state index contributed by atoms with van der Waals surface area (Å²) in [4.78, 5) is 2.67. The van der Waals surface area contributed by atoms with E-state index in [2.05, 4.69) is 0 Å². The fraction of sp³-hybridized carbons (Fsp3) is 0.296. The van der Waals surface area contributed by atoms with Crippen LogP contribution in [0.2, 0.25) is 0 Å². The van der Waals surface area contributed by atoms with Crippen molar-refractivity contribution in [2.24, 2.45) is 0 Å². The molecule has 2 fully saturated rings. The van der Waals surface area contributed by atoms with Gasteiger partial charge in [-0.2, -0.15) is 0 Å². The van der Waals surface area contributed by atoms with Crippen LogP contribution in [0.4, 0.5) is 66.7 Å². The number of halogens is 10. The van der Waals surface area contributed by atoms with Crippen LogP contribution in [0, 0.1) is 58.2 Å². The van der Waals surface area contributed by atoms with Gasteiger partial charge in [0.15, 0.2) is 46.5 Å². The van der Waals surface area contributed by atoms with Gasteiger partial charge >= 0.3 is 0 Å². The van der Waals surface area contributed by atoms with Gasteiger partial charge in [-0.3, -0.25) is 0 Å². The van der Waals surface area contributed by atoms with Crippen molar-refractivity contribution in [1.82, 2.24) is 0 Å². The highest BCUT2D eigenvalue weighted by Gasteiger charge is 2.60. The van der Waals surface area contributed by atoms with Crippen molar-refractivity contribution in [1.29, 1.82) is 0 Å². The molecule has 0 aromatic heterocycles. The molecule has 0 amide bonds. The minimum Gasteiger partial charge on any atom is -0.329 e. The third kappa shape index (κ3) is 5.21. The molecule has 4 atom stereocenters. The van der Waals surface area contributed by atoms with E-state index in [0.29, 0.717) is 49.9 Å². The predicted octanol–water partition coefficient (Wildman–Crippen LogP) is 16.2. The molecule has 7 aromatic carbocycles. The third-order valence-electron chi connectivity index (χ3n) is 16.5. The summed E-state index contributed by atoms with van der Waals surface area (Å²) < 4.78 is 152. The Hall–Kier alpha value is -6.04. The monoisotopic (exact) mass is 908 g/mol. The summed E-state index contributed by atoms with van der Waals surface area (Å²) in [6.45, 7) is 7.66. The van der Waals surface area contributed by atoms with E-state index in [-0.39, 0.29) is 0 Å². The number of hydrogen-bond donors (Lipinski definition) is 0. The topological polar surface area (TPSA) is 6.48 Å². The summed E-state index contributed by atoms with van der Waals surface area (Å²) in [6, 6.07) is 26.7. The average molecular weight is 909 g/mol. The summed E-state index contributed by atoms with van der Waals surface area (Å²) >= 11 is 0. The third-order valence-corrected chi connectivity index (χ3v) is 16.5. The van der Waals surface area contributed by atoms with E-state index in [4.69, 9.17) is 0 Å². The highest BCUT2D eigenvalue weighted by molar-refractivity contribution is 6.21. The normalized spacial score (nSPS) is 24.5. The molecular formula is C54H42F10N2. The molecule has 7 aromatic rings. The molecule has 338 valence electrons. The van der Waals surface area contributed by atoms with Crippen molar-refractivity contribution in [3.05, 3.63) is 154 Å². The lowest BCUT2D eigenvalue weighted by Crippen LogP contribution is -2.55. The van der Waals surface area contributed by atoms with Gasteiger partial charge in [0.1, 0.15) is 11.4 Å². The van der Waals surface area contributed by atoms with Crippen LogP contribution < -0.4 is 9.80 Å². The largest absolute Gasteiger partial charge is 0.329 e. The molecule has 2 heterocycles. The van der Waals surface area contributed by atoms with Gasteiger partial charge in [-0.05, 0) is 119 Å². The van der Waals surface area contributed by atoms with Crippen LogP contribution in [-0.2, 0) is 10.8 Å². The Kier molecular flexibility index (Phi) is 9.18. The van der Waals surface area contributed by atoms with Crippen LogP contribution in [0.15, 0.2) is 84.9 Å². The first-order valence-corrected chi connectivity index (χ1v) is 22.3. The second-order valence-electron chi connectivity index (χ2n) is 19.4. The second-order valence-corrected chi connectivity index (χ2v) is 19.4. The maximum absolute atomic E-state index is 15.8. The van der Waals surface area contributed by atoms with Gasteiger partial charge in [0.2, 0.25) is 11.6 Å². The fourth-order valence-corrected chi connectivity index (χ4v) is 12.8. The minimum atomic E-state index is -2.21. The molecule has 4 aliphatic rings. The predicted molar refractivity (Wildman–Crippen MR) is 238 cm³/mol. The molecular weight excluding hydrogens is 867 g/mol. The van der Waals surface area contributed by atoms with Gasteiger partial charge in [0, 0.05) is 22.2 Å². The first-order valence-electron chi connectivity index (χ1n) is 22.3. The average Bonchev–Trinajstić information content (AvgIpc) is 3.65. The summed E-state index contributed by atoms with van der Waals surface area (Å²) in [5, 5.41) is 3.42. The molecule has 66 heavy (non-hydrogen) atoms. The Balaban J connectivity index is 1.13.